The summed E-state index contributed by atoms with van der Waals surface area (Å²) in [6.45, 7) is 0. The van der Waals surface area contributed by atoms with Crippen molar-refractivity contribution in [3.63, 3.8) is 0 Å². The van der Waals surface area contributed by atoms with Crippen molar-refractivity contribution in [1.29, 1.82) is 0 Å². The van der Waals surface area contributed by atoms with Gasteiger partial charge in [0.15, 0.2) is 0 Å². The van der Waals surface area contributed by atoms with Gasteiger partial charge in [-0.2, -0.15) is 13.2 Å². The Labute approximate surface area is 234 Å². The van der Waals surface area contributed by atoms with Crippen molar-refractivity contribution in [1.82, 2.24) is 5.43 Å². The number of rotatable bonds is 6. The molecule has 0 aromatic heterocycles. The molecule has 0 spiro atoms. The molecule has 4 rings (SSSR count). The lowest BCUT2D eigenvalue weighted by molar-refractivity contribution is -0.137. The van der Waals surface area contributed by atoms with Crippen LogP contribution in [0.5, 0.6) is 0 Å². The average Bonchev–Trinajstić information content (AvgIpc) is 3.40. The molecule has 0 saturated heterocycles. The maximum absolute atomic E-state index is 12.9. The van der Waals surface area contributed by atoms with Gasteiger partial charge in [0.1, 0.15) is 4.33 Å². The van der Waals surface area contributed by atoms with Crippen LogP contribution in [0.1, 0.15) is 27.4 Å². The molecule has 5 nitrogen and oxygen atoms in total. The molecule has 0 bridgehead atoms. The molecule has 2 unspecified atom stereocenters. The van der Waals surface area contributed by atoms with E-state index < -0.39 is 39.7 Å². The van der Waals surface area contributed by atoms with E-state index in [1.54, 1.807) is 12.1 Å². The Morgan fingerprint density at radius 2 is 1.54 bits per heavy atom. The number of carbonyl (C=O) groups excluding carboxylic acids is 2. The topological polar surface area (TPSA) is 70.2 Å². The van der Waals surface area contributed by atoms with Crippen molar-refractivity contribution in [2.24, 2.45) is 5.92 Å². The first-order chi connectivity index (χ1) is 17.3. The van der Waals surface area contributed by atoms with Crippen LogP contribution >= 0.6 is 58.0 Å². The number of nitrogens with one attached hydrogen (secondary N) is 3. The average molecular weight is 612 g/mol. The van der Waals surface area contributed by atoms with E-state index in [-0.39, 0.29) is 22.0 Å². The largest absolute Gasteiger partial charge is 0.416 e. The highest BCUT2D eigenvalue weighted by molar-refractivity contribution is 6.53. The maximum atomic E-state index is 12.9. The van der Waals surface area contributed by atoms with Crippen molar-refractivity contribution < 1.29 is 22.8 Å². The second-order valence-electron chi connectivity index (χ2n) is 8.17. The van der Waals surface area contributed by atoms with Crippen LogP contribution in [0, 0.1) is 5.92 Å². The normalized spacial score (nSPS) is 18.2. The molecule has 3 N–H and O–H groups in total. The Kier molecular flexibility index (Phi) is 7.79. The molecule has 0 aliphatic heterocycles. The Morgan fingerprint density at radius 3 is 2.19 bits per heavy atom. The molecule has 194 valence electrons. The van der Waals surface area contributed by atoms with Crippen LogP contribution in [0.2, 0.25) is 15.1 Å². The molecule has 1 aliphatic rings. The zero-order chi connectivity index (χ0) is 27.1. The highest BCUT2D eigenvalue weighted by Gasteiger charge is 2.67. The van der Waals surface area contributed by atoms with Crippen molar-refractivity contribution in [3.8, 4) is 0 Å². The van der Waals surface area contributed by atoms with Crippen LogP contribution in [0.15, 0.2) is 60.7 Å². The van der Waals surface area contributed by atoms with Crippen LogP contribution in [0.25, 0.3) is 0 Å². The van der Waals surface area contributed by atoms with Crippen LogP contribution in [-0.4, -0.2) is 16.1 Å². The van der Waals surface area contributed by atoms with Gasteiger partial charge in [-0.05, 0) is 60.2 Å². The first-order valence-corrected chi connectivity index (χ1v) is 12.3. The second-order valence-corrected chi connectivity index (χ2v) is 10.9. The lowest BCUT2D eigenvalue weighted by Gasteiger charge is -2.13. The Bertz CT molecular complexity index is 1360. The summed E-state index contributed by atoms with van der Waals surface area (Å²) in [4.78, 5) is 25.6. The molecule has 13 heteroatoms. The molecule has 1 saturated carbocycles. The predicted octanol–water partition coefficient (Wildman–Crippen LogP) is 7.95. The quantitative estimate of drug-likeness (QED) is 0.196. The summed E-state index contributed by atoms with van der Waals surface area (Å²) in [5.74, 6) is -2.66. The smallest absolute Gasteiger partial charge is 0.326 e. The standard InChI is InChI=1S/C24H15Cl5F3N3O2/c25-13-6-11(7-14(26)9-13)19-20(23(19,28)29)22(37)33-15-4-5-18(27)17(10-15)21(36)35-34-16-3-1-2-12(8-16)24(30,31)32/h1-10,19-20,34H,(H,33,37)(H,35,36). The number of hydrazine groups is 1. The monoisotopic (exact) mass is 609 g/mol. The number of alkyl halides is 5. The number of amides is 2. The van der Waals surface area contributed by atoms with Crippen molar-refractivity contribution in [2.75, 3.05) is 10.7 Å². The summed E-state index contributed by atoms with van der Waals surface area (Å²) in [5, 5.41) is 3.43. The van der Waals surface area contributed by atoms with Crippen molar-refractivity contribution >= 4 is 81.2 Å². The van der Waals surface area contributed by atoms with E-state index in [9.17, 15) is 22.8 Å². The van der Waals surface area contributed by atoms with Crippen LogP contribution in [-0.2, 0) is 11.0 Å². The number of anilines is 2. The van der Waals surface area contributed by atoms with Crippen molar-refractivity contribution in [2.45, 2.75) is 16.4 Å². The minimum atomic E-state index is -4.54. The third-order valence-electron chi connectivity index (χ3n) is 5.57. The number of hydrogen-bond donors (Lipinski definition) is 3. The van der Waals surface area contributed by atoms with Gasteiger partial charge in [0.05, 0.1) is 27.8 Å². The lowest BCUT2D eigenvalue weighted by atomic mass is 10.1. The van der Waals surface area contributed by atoms with Gasteiger partial charge in [-0.15, -0.1) is 23.2 Å². The summed E-state index contributed by atoms with van der Waals surface area (Å²) in [6.07, 6.45) is -4.54. The summed E-state index contributed by atoms with van der Waals surface area (Å²) >= 11 is 31.0. The first-order valence-electron chi connectivity index (χ1n) is 10.4. The van der Waals surface area contributed by atoms with E-state index in [0.717, 1.165) is 12.1 Å². The molecular weight excluding hydrogens is 597 g/mol. The maximum Gasteiger partial charge on any atom is 0.416 e. The van der Waals surface area contributed by atoms with E-state index in [2.05, 4.69) is 16.2 Å². The Hall–Kier alpha value is -2.36. The zero-order valence-electron chi connectivity index (χ0n) is 18.3. The molecule has 0 heterocycles. The van der Waals surface area contributed by atoms with Gasteiger partial charge >= 0.3 is 6.18 Å². The van der Waals surface area contributed by atoms with Crippen LogP contribution in [0.3, 0.4) is 0 Å². The fourth-order valence-corrected chi connectivity index (χ4v) is 5.36. The van der Waals surface area contributed by atoms with E-state index in [1.807, 2.05) is 0 Å². The van der Waals surface area contributed by atoms with Gasteiger partial charge in [-0.3, -0.25) is 20.4 Å². The van der Waals surface area contributed by atoms with Gasteiger partial charge in [0.2, 0.25) is 5.91 Å². The summed E-state index contributed by atoms with van der Waals surface area (Å²) in [6, 6.07) is 13.2. The highest BCUT2D eigenvalue weighted by Crippen LogP contribution is 2.65. The fraction of sp³-hybridized carbons (Fsp3) is 0.167. The van der Waals surface area contributed by atoms with Crippen molar-refractivity contribution in [3.05, 3.63) is 92.4 Å². The summed E-state index contributed by atoms with van der Waals surface area (Å²) in [7, 11) is 0. The van der Waals surface area contributed by atoms with Crippen LogP contribution in [0.4, 0.5) is 24.5 Å². The van der Waals surface area contributed by atoms with Gasteiger partial charge < -0.3 is 5.32 Å². The molecule has 1 aliphatic carbocycles. The van der Waals surface area contributed by atoms with Gasteiger partial charge in [-0.1, -0.05) is 40.9 Å². The third-order valence-corrected chi connectivity index (χ3v) is 7.28. The molecule has 37 heavy (non-hydrogen) atoms. The fourth-order valence-electron chi connectivity index (χ4n) is 3.79. The SMILES string of the molecule is O=C(NNc1cccc(C(F)(F)F)c1)c1cc(NC(=O)C2C(c3cc(Cl)cc(Cl)c3)C2(Cl)Cl)ccc1Cl. The minimum Gasteiger partial charge on any atom is -0.326 e. The Balaban J connectivity index is 1.45. The summed E-state index contributed by atoms with van der Waals surface area (Å²) < 4.78 is 37.3. The third kappa shape index (κ3) is 6.21. The molecule has 3 aromatic carbocycles. The highest BCUT2D eigenvalue weighted by atomic mass is 35.5. The molecule has 1 fully saturated rings. The molecule has 0 radical (unpaired) electrons. The number of halogens is 8. The molecule has 2 amide bonds. The number of benzene rings is 3. The zero-order valence-corrected chi connectivity index (χ0v) is 22.0. The van der Waals surface area contributed by atoms with Gasteiger partial charge in [-0.25, -0.2) is 0 Å². The molecule has 2 atom stereocenters. The minimum absolute atomic E-state index is 0.00483. The van der Waals surface area contributed by atoms with E-state index in [0.29, 0.717) is 15.6 Å². The predicted molar refractivity (Wildman–Crippen MR) is 140 cm³/mol. The molecular formula is C24H15Cl5F3N3O2. The summed E-state index contributed by atoms with van der Waals surface area (Å²) in [5.41, 5.74) is 4.58. The van der Waals surface area contributed by atoms with Gasteiger partial charge in [0, 0.05) is 21.7 Å². The van der Waals surface area contributed by atoms with Crippen LogP contribution < -0.4 is 16.2 Å². The number of hydrogen-bond acceptors (Lipinski definition) is 3. The van der Waals surface area contributed by atoms with E-state index in [4.69, 9.17) is 58.0 Å². The Morgan fingerprint density at radius 1 is 0.865 bits per heavy atom. The molecule has 3 aromatic rings. The first kappa shape index (κ1) is 27.7. The number of carbonyl (C=O) groups is 2. The van der Waals surface area contributed by atoms with E-state index >= 15 is 0 Å². The lowest BCUT2D eigenvalue weighted by Crippen LogP contribution is -2.30. The van der Waals surface area contributed by atoms with E-state index in [1.165, 1.54) is 36.4 Å². The second kappa shape index (κ2) is 10.4. The van der Waals surface area contributed by atoms with Gasteiger partial charge in [0.25, 0.3) is 5.91 Å².